The molecule has 0 radical (unpaired) electrons. The molecule has 16 heavy (non-hydrogen) atoms. The minimum absolute atomic E-state index is 0.292. The molecule has 0 spiro atoms. The first kappa shape index (κ1) is 12.8. The molecule has 1 rings (SSSR count). The molecule has 5 heteroatoms. The minimum atomic E-state index is 0.292. The first-order valence-corrected chi connectivity index (χ1v) is 6.23. The molecule has 0 aliphatic rings. The average Bonchev–Trinajstić information content (AvgIpc) is 2.28. The molecule has 0 aliphatic heterocycles. The van der Waals surface area contributed by atoms with E-state index in [0.29, 0.717) is 28.2 Å². The Labute approximate surface area is 100 Å². The zero-order valence-corrected chi connectivity index (χ0v) is 10.6. The zero-order chi connectivity index (χ0) is 12.1. The smallest absolute Gasteiger partial charge is 0.190 e. The van der Waals surface area contributed by atoms with Gasteiger partial charge in [-0.15, -0.1) is 0 Å². The second kappa shape index (κ2) is 5.71. The van der Waals surface area contributed by atoms with Crippen molar-refractivity contribution in [3.8, 4) is 6.07 Å². The summed E-state index contributed by atoms with van der Waals surface area (Å²) >= 11 is 1.59. The molecule has 0 aliphatic carbocycles. The van der Waals surface area contributed by atoms with E-state index in [9.17, 15) is 0 Å². The molecule has 0 bridgehead atoms. The van der Waals surface area contributed by atoms with Gasteiger partial charge in [-0.3, -0.25) is 0 Å². The van der Waals surface area contributed by atoms with Crippen molar-refractivity contribution in [2.24, 2.45) is 0 Å². The van der Waals surface area contributed by atoms with Crippen LogP contribution < -0.4 is 5.73 Å². The highest BCUT2D eigenvalue weighted by molar-refractivity contribution is 7.99. The summed E-state index contributed by atoms with van der Waals surface area (Å²) in [7, 11) is 0. The predicted molar refractivity (Wildman–Crippen MR) is 66.1 cm³/mol. The molecule has 1 aromatic heterocycles. The van der Waals surface area contributed by atoms with Gasteiger partial charge >= 0.3 is 0 Å². The Morgan fingerprint density at radius 1 is 1.44 bits per heavy atom. The summed E-state index contributed by atoms with van der Waals surface area (Å²) in [6.45, 7) is 6.19. The number of anilines is 1. The molecule has 0 saturated carbocycles. The third-order valence-corrected chi connectivity index (χ3v) is 3.45. The van der Waals surface area contributed by atoms with Crippen LogP contribution in [0.3, 0.4) is 0 Å². The molecule has 2 N–H and O–H groups in total. The number of hydrogen-bond acceptors (Lipinski definition) is 5. The largest absolute Gasteiger partial charge is 0.382 e. The molecule has 0 unspecified atom stereocenters. The quantitative estimate of drug-likeness (QED) is 0.641. The summed E-state index contributed by atoms with van der Waals surface area (Å²) in [5.74, 6) is 0.292. The van der Waals surface area contributed by atoms with Gasteiger partial charge in [-0.1, -0.05) is 32.5 Å². The van der Waals surface area contributed by atoms with E-state index in [4.69, 9.17) is 11.0 Å². The van der Waals surface area contributed by atoms with Crippen LogP contribution in [0.1, 0.15) is 38.4 Å². The van der Waals surface area contributed by atoms with Crippen molar-refractivity contribution in [3.05, 3.63) is 11.3 Å². The molecule has 1 heterocycles. The molecule has 86 valence electrons. The lowest BCUT2D eigenvalue weighted by molar-refractivity contribution is 0.861. The van der Waals surface area contributed by atoms with Crippen molar-refractivity contribution in [3.63, 3.8) is 0 Å². The first-order chi connectivity index (χ1) is 7.62. The van der Waals surface area contributed by atoms with Gasteiger partial charge in [0.1, 0.15) is 17.5 Å². The van der Waals surface area contributed by atoms with E-state index in [1.165, 1.54) is 0 Å². The Balaban J connectivity index is 3.07. The average molecular weight is 236 g/mol. The Kier molecular flexibility index (Phi) is 4.56. The van der Waals surface area contributed by atoms with Gasteiger partial charge in [-0.2, -0.15) is 5.26 Å². The molecule has 1 aromatic rings. The SMILES string of the molecule is CCc1nc(S[C@@H](C)CC)nc(N)c1C#N. The monoisotopic (exact) mass is 236 g/mol. The van der Waals surface area contributed by atoms with Gasteiger partial charge in [-0.05, 0) is 12.8 Å². The standard InChI is InChI=1S/C11H16N4S/c1-4-7(3)16-11-14-9(5-2)8(6-12)10(13)15-11/h7H,4-5H2,1-3H3,(H2,13,14,15)/t7-/m0/s1. The number of rotatable bonds is 4. The molecule has 0 amide bonds. The normalized spacial score (nSPS) is 12.1. The summed E-state index contributed by atoms with van der Waals surface area (Å²) in [5, 5.41) is 10.1. The predicted octanol–water partition coefficient (Wildman–Crippen LogP) is 2.38. The lowest BCUT2D eigenvalue weighted by Crippen LogP contribution is -2.06. The zero-order valence-electron chi connectivity index (χ0n) is 9.82. The van der Waals surface area contributed by atoms with Crippen molar-refractivity contribution >= 4 is 17.6 Å². The van der Waals surface area contributed by atoms with Gasteiger partial charge in [-0.25, -0.2) is 9.97 Å². The number of nitrogens with two attached hydrogens (primary N) is 1. The lowest BCUT2D eigenvalue weighted by atomic mass is 10.2. The van der Waals surface area contributed by atoms with Crippen molar-refractivity contribution in [2.45, 2.75) is 44.0 Å². The van der Waals surface area contributed by atoms with E-state index in [1.54, 1.807) is 11.8 Å². The lowest BCUT2D eigenvalue weighted by Gasteiger charge is -2.09. The molecule has 4 nitrogen and oxygen atoms in total. The first-order valence-electron chi connectivity index (χ1n) is 5.35. The topological polar surface area (TPSA) is 75.6 Å². The van der Waals surface area contributed by atoms with Gasteiger partial charge in [0, 0.05) is 5.25 Å². The van der Waals surface area contributed by atoms with Crippen LogP contribution in [0.15, 0.2) is 5.16 Å². The molecule has 0 aromatic carbocycles. The van der Waals surface area contributed by atoms with Crippen molar-refractivity contribution in [1.82, 2.24) is 9.97 Å². The summed E-state index contributed by atoms with van der Waals surface area (Å²) < 4.78 is 0. The maximum Gasteiger partial charge on any atom is 0.190 e. The van der Waals surface area contributed by atoms with Crippen LogP contribution in [0.2, 0.25) is 0 Å². The van der Waals surface area contributed by atoms with Gasteiger partial charge < -0.3 is 5.73 Å². The second-order valence-electron chi connectivity index (χ2n) is 3.52. The minimum Gasteiger partial charge on any atom is -0.382 e. The number of hydrogen-bond donors (Lipinski definition) is 1. The number of nitriles is 1. The number of nitrogens with zero attached hydrogens (tertiary/aromatic N) is 3. The van der Waals surface area contributed by atoms with E-state index >= 15 is 0 Å². The third-order valence-electron chi connectivity index (χ3n) is 2.32. The summed E-state index contributed by atoms with van der Waals surface area (Å²) in [5.41, 5.74) is 6.89. The van der Waals surface area contributed by atoms with Crippen LogP contribution in [0.4, 0.5) is 5.82 Å². The molecule has 0 fully saturated rings. The van der Waals surface area contributed by atoms with Gasteiger partial charge in [0.25, 0.3) is 0 Å². The van der Waals surface area contributed by atoms with E-state index in [2.05, 4.69) is 29.9 Å². The van der Waals surface area contributed by atoms with Crippen LogP contribution in [-0.4, -0.2) is 15.2 Å². The maximum absolute atomic E-state index is 8.93. The van der Waals surface area contributed by atoms with E-state index in [1.807, 2.05) is 6.92 Å². The molecule has 1 atom stereocenters. The van der Waals surface area contributed by atoms with Gasteiger partial charge in [0.15, 0.2) is 5.16 Å². The number of thioether (sulfide) groups is 1. The molecule has 0 saturated heterocycles. The van der Waals surface area contributed by atoms with Gasteiger partial charge in [0.2, 0.25) is 0 Å². The van der Waals surface area contributed by atoms with Crippen molar-refractivity contribution in [1.29, 1.82) is 5.26 Å². The van der Waals surface area contributed by atoms with Crippen LogP contribution >= 0.6 is 11.8 Å². The fourth-order valence-corrected chi connectivity index (χ4v) is 2.04. The fourth-order valence-electron chi connectivity index (χ4n) is 1.20. The van der Waals surface area contributed by atoms with Crippen LogP contribution in [0.5, 0.6) is 0 Å². The number of nitrogen functional groups attached to an aromatic ring is 1. The Hall–Kier alpha value is -1.28. The summed E-state index contributed by atoms with van der Waals surface area (Å²) in [6, 6.07) is 2.05. The maximum atomic E-state index is 8.93. The van der Waals surface area contributed by atoms with E-state index in [0.717, 1.165) is 12.1 Å². The van der Waals surface area contributed by atoms with Crippen molar-refractivity contribution in [2.75, 3.05) is 5.73 Å². The highest BCUT2D eigenvalue weighted by atomic mass is 32.2. The van der Waals surface area contributed by atoms with E-state index in [-0.39, 0.29) is 0 Å². The van der Waals surface area contributed by atoms with E-state index < -0.39 is 0 Å². The molecular weight excluding hydrogens is 220 g/mol. The van der Waals surface area contributed by atoms with Crippen LogP contribution in [0, 0.1) is 11.3 Å². The summed E-state index contributed by atoms with van der Waals surface area (Å²) in [6.07, 6.45) is 1.75. The third kappa shape index (κ3) is 2.86. The van der Waals surface area contributed by atoms with Gasteiger partial charge in [0.05, 0.1) is 5.69 Å². The highest BCUT2D eigenvalue weighted by Gasteiger charge is 2.12. The highest BCUT2D eigenvalue weighted by Crippen LogP contribution is 2.24. The summed E-state index contributed by atoms with van der Waals surface area (Å²) in [4.78, 5) is 8.51. The van der Waals surface area contributed by atoms with Crippen LogP contribution in [0.25, 0.3) is 0 Å². The van der Waals surface area contributed by atoms with Crippen molar-refractivity contribution < 1.29 is 0 Å². The Morgan fingerprint density at radius 2 is 2.12 bits per heavy atom. The second-order valence-corrected chi connectivity index (χ2v) is 4.92. The molecular formula is C11H16N4S. The Morgan fingerprint density at radius 3 is 2.62 bits per heavy atom. The van der Waals surface area contributed by atoms with Crippen LogP contribution in [-0.2, 0) is 6.42 Å². The number of aromatic nitrogens is 2. The number of aryl methyl sites for hydroxylation is 1. The fraction of sp³-hybridized carbons (Fsp3) is 0.545. The Bertz CT molecular complexity index is 411.